The predicted molar refractivity (Wildman–Crippen MR) is 97.2 cm³/mol. The maximum absolute atomic E-state index is 12.6. The molecule has 5 nitrogen and oxygen atoms in total. The molecule has 1 fully saturated rings. The summed E-state index contributed by atoms with van der Waals surface area (Å²) < 4.78 is 32.9. The quantitative estimate of drug-likeness (QED) is 0.759. The molecule has 2 rings (SSSR count). The fourth-order valence-electron chi connectivity index (χ4n) is 3.12. The minimum absolute atomic E-state index is 0.165. The molecule has 0 saturated carbocycles. The first-order chi connectivity index (χ1) is 11.3. The summed E-state index contributed by atoms with van der Waals surface area (Å²) >= 11 is 6.05. The summed E-state index contributed by atoms with van der Waals surface area (Å²) in [6.07, 6.45) is 3.36. The lowest BCUT2D eigenvalue weighted by molar-refractivity contribution is 0.214. The largest absolute Gasteiger partial charge is 0.495 e. The van der Waals surface area contributed by atoms with E-state index in [0.717, 1.165) is 19.5 Å². The number of sulfonamides is 1. The number of benzene rings is 1. The van der Waals surface area contributed by atoms with E-state index in [1.54, 1.807) is 6.07 Å². The van der Waals surface area contributed by atoms with Crippen molar-refractivity contribution in [2.45, 2.75) is 44.0 Å². The first-order valence-electron chi connectivity index (χ1n) is 8.40. The van der Waals surface area contributed by atoms with Crippen LogP contribution in [0.4, 0.5) is 0 Å². The second-order valence-electron chi connectivity index (χ2n) is 6.67. The molecule has 1 aliphatic heterocycles. The molecule has 24 heavy (non-hydrogen) atoms. The molecule has 7 heteroatoms. The summed E-state index contributed by atoms with van der Waals surface area (Å²) in [4.78, 5) is 2.56. The van der Waals surface area contributed by atoms with E-state index in [-0.39, 0.29) is 10.9 Å². The molecular formula is C17H27ClN2O3S. The number of nitrogens with one attached hydrogen (secondary N) is 1. The SMILES string of the molecule is COc1ccc(S(=O)(=O)NCC(CC(C)C)N2CCCC2)cc1Cl. The Morgan fingerprint density at radius 1 is 1.29 bits per heavy atom. The number of hydrogen-bond acceptors (Lipinski definition) is 4. The molecule has 0 spiro atoms. The average Bonchev–Trinajstić information content (AvgIpc) is 3.05. The van der Waals surface area contributed by atoms with Gasteiger partial charge in [-0.1, -0.05) is 25.4 Å². The third-order valence-corrected chi connectivity index (χ3v) is 6.06. The first kappa shape index (κ1) is 19.5. The van der Waals surface area contributed by atoms with Crippen molar-refractivity contribution in [1.29, 1.82) is 0 Å². The van der Waals surface area contributed by atoms with E-state index in [2.05, 4.69) is 23.5 Å². The van der Waals surface area contributed by atoms with Gasteiger partial charge in [0.05, 0.1) is 17.0 Å². The normalized spacial score (nSPS) is 17.4. The van der Waals surface area contributed by atoms with Crippen LogP contribution in [-0.4, -0.2) is 46.1 Å². The lowest BCUT2D eigenvalue weighted by Gasteiger charge is -2.29. The van der Waals surface area contributed by atoms with Gasteiger partial charge in [-0.3, -0.25) is 4.90 Å². The van der Waals surface area contributed by atoms with E-state index in [1.807, 2.05) is 0 Å². The molecule has 1 N–H and O–H groups in total. The van der Waals surface area contributed by atoms with Crippen LogP contribution in [0, 0.1) is 5.92 Å². The monoisotopic (exact) mass is 374 g/mol. The van der Waals surface area contributed by atoms with Crippen LogP contribution in [0.5, 0.6) is 5.75 Å². The van der Waals surface area contributed by atoms with Gasteiger partial charge in [-0.2, -0.15) is 0 Å². The highest BCUT2D eigenvalue weighted by Crippen LogP contribution is 2.27. The summed E-state index contributed by atoms with van der Waals surface area (Å²) in [6, 6.07) is 4.75. The maximum Gasteiger partial charge on any atom is 0.240 e. The van der Waals surface area contributed by atoms with Crippen molar-refractivity contribution in [3.8, 4) is 5.75 Å². The zero-order valence-corrected chi connectivity index (χ0v) is 16.2. The minimum atomic E-state index is -3.58. The van der Waals surface area contributed by atoms with E-state index in [0.29, 0.717) is 23.2 Å². The van der Waals surface area contributed by atoms with Gasteiger partial charge < -0.3 is 4.74 Å². The molecule has 1 aromatic rings. The van der Waals surface area contributed by atoms with Gasteiger partial charge in [-0.15, -0.1) is 0 Å². The number of nitrogens with zero attached hydrogens (tertiary/aromatic N) is 1. The van der Waals surface area contributed by atoms with E-state index >= 15 is 0 Å². The molecule has 0 amide bonds. The van der Waals surface area contributed by atoms with Gasteiger partial charge in [0.2, 0.25) is 10.0 Å². The van der Waals surface area contributed by atoms with Crippen molar-refractivity contribution in [3.05, 3.63) is 23.2 Å². The standard InChI is InChI=1S/C17H27ClN2O3S/c1-13(2)10-14(20-8-4-5-9-20)12-19-24(21,22)15-6-7-17(23-3)16(18)11-15/h6-7,11,13-14,19H,4-5,8-10,12H2,1-3H3. The van der Waals surface area contributed by atoms with Gasteiger partial charge >= 0.3 is 0 Å². The Hall–Kier alpha value is -0.820. The zero-order valence-electron chi connectivity index (χ0n) is 14.6. The van der Waals surface area contributed by atoms with Crippen molar-refractivity contribution in [3.63, 3.8) is 0 Å². The molecule has 136 valence electrons. The zero-order chi connectivity index (χ0) is 17.7. The Morgan fingerprint density at radius 3 is 2.50 bits per heavy atom. The number of rotatable bonds is 8. The Labute approximate surface area is 150 Å². The Bertz CT molecular complexity index is 643. The van der Waals surface area contributed by atoms with Gasteiger partial charge in [0, 0.05) is 12.6 Å². The molecule has 1 saturated heterocycles. The minimum Gasteiger partial charge on any atom is -0.495 e. The number of methoxy groups -OCH3 is 1. The van der Waals surface area contributed by atoms with Crippen LogP contribution in [-0.2, 0) is 10.0 Å². The first-order valence-corrected chi connectivity index (χ1v) is 10.3. The van der Waals surface area contributed by atoms with E-state index < -0.39 is 10.0 Å². The molecule has 1 heterocycles. The molecule has 1 unspecified atom stereocenters. The van der Waals surface area contributed by atoms with Crippen LogP contribution in [0.2, 0.25) is 5.02 Å². The summed E-state index contributed by atoms with van der Waals surface area (Å²) in [7, 11) is -2.08. The number of ether oxygens (including phenoxy) is 1. The van der Waals surface area contributed by atoms with Crippen LogP contribution < -0.4 is 9.46 Å². The summed E-state index contributed by atoms with van der Waals surface area (Å²) in [5, 5.41) is 0.290. The molecule has 0 aliphatic carbocycles. The van der Waals surface area contributed by atoms with Gasteiger partial charge in [-0.25, -0.2) is 13.1 Å². The van der Waals surface area contributed by atoms with E-state index in [4.69, 9.17) is 16.3 Å². The average molecular weight is 375 g/mol. The summed E-state index contributed by atoms with van der Waals surface area (Å²) in [6.45, 7) is 6.85. The van der Waals surface area contributed by atoms with Crippen LogP contribution in [0.15, 0.2) is 23.1 Å². The third-order valence-electron chi connectivity index (χ3n) is 4.34. The number of likely N-dealkylation sites (tertiary alicyclic amines) is 1. The highest BCUT2D eigenvalue weighted by Gasteiger charge is 2.25. The molecule has 0 aromatic heterocycles. The van der Waals surface area contributed by atoms with E-state index in [1.165, 1.54) is 32.1 Å². The Morgan fingerprint density at radius 2 is 1.96 bits per heavy atom. The van der Waals surface area contributed by atoms with Crippen molar-refractivity contribution in [1.82, 2.24) is 9.62 Å². The lowest BCUT2D eigenvalue weighted by atomic mass is 10.0. The number of hydrogen-bond donors (Lipinski definition) is 1. The highest BCUT2D eigenvalue weighted by molar-refractivity contribution is 7.89. The fraction of sp³-hybridized carbons (Fsp3) is 0.647. The highest BCUT2D eigenvalue weighted by atomic mass is 35.5. The number of halogens is 1. The van der Waals surface area contributed by atoms with Crippen LogP contribution in [0.25, 0.3) is 0 Å². The second kappa shape index (κ2) is 8.52. The van der Waals surface area contributed by atoms with Crippen molar-refractivity contribution < 1.29 is 13.2 Å². The lowest BCUT2D eigenvalue weighted by Crippen LogP contribution is -2.43. The maximum atomic E-state index is 12.6. The van der Waals surface area contributed by atoms with Gasteiger partial charge in [0.1, 0.15) is 5.75 Å². The van der Waals surface area contributed by atoms with Crippen LogP contribution in [0.3, 0.4) is 0 Å². The van der Waals surface area contributed by atoms with Crippen molar-refractivity contribution >= 4 is 21.6 Å². The fourth-order valence-corrected chi connectivity index (χ4v) is 4.54. The van der Waals surface area contributed by atoms with Crippen LogP contribution in [0.1, 0.15) is 33.1 Å². The Balaban J connectivity index is 2.07. The van der Waals surface area contributed by atoms with Crippen molar-refractivity contribution in [2.24, 2.45) is 5.92 Å². The molecule has 0 radical (unpaired) electrons. The Kier molecular flexibility index (Phi) is 6.92. The van der Waals surface area contributed by atoms with Crippen molar-refractivity contribution in [2.75, 3.05) is 26.7 Å². The van der Waals surface area contributed by atoms with Crippen LogP contribution >= 0.6 is 11.6 Å². The molecule has 1 aromatic carbocycles. The third kappa shape index (κ3) is 5.09. The second-order valence-corrected chi connectivity index (χ2v) is 8.85. The molecular weight excluding hydrogens is 348 g/mol. The van der Waals surface area contributed by atoms with Gasteiger partial charge in [-0.05, 0) is 56.5 Å². The molecule has 0 bridgehead atoms. The topological polar surface area (TPSA) is 58.6 Å². The van der Waals surface area contributed by atoms with Gasteiger partial charge in [0.25, 0.3) is 0 Å². The molecule has 1 atom stereocenters. The predicted octanol–water partition coefficient (Wildman–Crippen LogP) is 3.14. The summed E-state index contributed by atoms with van der Waals surface area (Å²) in [5.41, 5.74) is 0. The smallest absolute Gasteiger partial charge is 0.240 e. The van der Waals surface area contributed by atoms with Gasteiger partial charge in [0.15, 0.2) is 0 Å². The molecule has 1 aliphatic rings. The van der Waals surface area contributed by atoms with E-state index in [9.17, 15) is 8.42 Å². The summed E-state index contributed by atoms with van der Waals surface area (Å²) in [5.74, 6) is 0.987.